The van der Waals surface area contributed by atoms with Crippen molar-refractivity contribution in [2.24, 2.45) is 5.92 Å². The first kappa shape index (κ1) is 37.8. The number of furan rings is 1. The number of fused-ring (bicyclic) bond motifs is 8. The van der Waals surface area contributed by atoms with E-state index in [-0.39, 0.29) is 11.3 Å². The molecule has 0 amide bonds. The van der Waals surface area contributed by atoms with Crippen molar-refractivity contribution < 1.29 is 4.42 Å². The molecule has 0 spiro atoms. The molecule has 0 aliphatic heterocycles. The van der Waals surface area contributed by atoms with Crippen molar-refractivity contribution >= 4 is 71.8 Å². The van der Waals surface area contributed by atoms with Gasteiger partial charge in [0.15, 0.2) is 0 Å². The molecule has 2 aliphatic carbocycles. The molecule has 306 valence electrons. The average Bonchev–Trinajstić information content (AvgIpc) is 3.98. The number of hydrogen-bond acceptors (Lipinski definition) is 2. The molecule has 3 nitrogen and oxygen atoms in total. The first-order chi connectivity index (χ1) is 31.5. The zero-order valence-electron chi connectivity index (χ0n) is 35.9. The molecule has 0 fully saturated rings. The number of anilines is 3. The van der Waals surface area contributed by atoms with Crippen LogP contribution in [0.4, 0.5) is 17.1 Å². The molecule has 10 aromatic rings. The molecule has 12 rings (SSSR count). The first-order valence-corrected chi connectivity index (χ1v) is 22.3. The summed E-state index contributed by atoms with van der Waals surface area (Å²) in [4.78, 5) is 2.43. The smallest absolute Gasteiger partial charge is 0.136 e. The monoisotopic (exact) mass is 822 g/mol. The summed E-state index contributed by atoms with van der Waals surface area (Å²) in [5, 5.41) is 5.85. The van der Waals surface area contributed by atoms with Crippen molar-refractivity contribution in [2.45, 2.75) is 25.2 Å². The number of allylic oxidation sites excluding steroid dienone is 6. The third kappa shape index (κ3) is 5.88. The van der Waals surface area contributed by atoms with Crippen LogP contribution in [0.3, 0.4) is 0 Å². The van der Waals surface area contributed by atoms with Gasteiger partial charge in [0.05, 0.1) is 28.1 Å². The predicted molar refractivity (Wildman–Crippen MR) is 269 cm³/mol. The van der Waals surface area contributed by atoms with Crippen LogP contribution in [0.25, 0.3) is 60.4 Å². The maximum Gasteiger partial charge on any atom is 0.136 e. The van der Waals surface area contributed by atoms with Crippen LogP contribution in [0.15, 0.2) is 229 Å². The minimum absolute atomic E-state index is 0.0139. The maximum absolute atomic E-state index is 6.78. The molecule has 64 heavy (non-hydrogen) atoms. The normalized spacial score (nSPS) is 16.6. The standard InChI is InChI=1S/C61H46N2O/c1-4-18-50(59-39-43-37-41-19-5-6-20-42(41)38-58(43)64-59)49-24-10-12-28-53(49)62(56-31-15-16-32-57(56)63-54-29-13-8-22-47(54)48-23-9-14-30-55(48)63)44-35-33-40(34-36-44)45-25-17-26-51-46-21-7-11-27-52(46)61(2,3)60(45)51/h4-39,45,60H,1H2,2-3H3/b50-18-. The zero-order valence-corrected chi connectivity index (χ0v) is 35.9. The average molecular weight is 823 g/mol. The molecular formula is C61H46N2O. The highest BCUT2D eigenvalue weighted by Crippen LogP contribution is 2.57. The van der Waals surface area contributed by atoms with Crippen LogP contribution in [-0.2, 0) is 5.41 Å². The summed E-state index contributed by atoms with van der Waals surface area (Å²) in [6, 6.07) is 68.3. The SMILES string of the molecule is C=C/C=C(\c1cc2cc3ccccc3cc2o1)c1ccccc1N(c1ccc(C2C=CC=C3c4ccccc4C(C)(C)C32)cc1)c1ccccc1-n1c2ccccc2c2ccccc21. The Labute approximate surface area is 373 Å². The Hall–Kier alpha value is -7.88. The molecule has 2 aliphatic rings. The summed E-state index contributed by atoms with van der Waals surface area (Å²) in [7, 11) is 0. The van der Waals surface area contributed by atoms with Gasteiger partial charge in [-0.2, -0.15) is 0 Å². The van der Waals surface area contributed by atoms with Crippen molar-refractivity contribution in [1.82, 2.24) is 4.57 Å². The third-order valence-electron chi connectivity index (χ3n) is 13.8. The fourth-order valence-electron chi connectivity index (χ4n) is 11.0. The Balaban J connectivity index is 1.05. The summed E-state index contributed by atoms with van der Waals surface area (Å²) >= 11 is 0. The van der Waals surface area contributed by atoms with E-state index in [1.54, 1.807) is 0 Å². The summed E-state index contributed by atoms with van der Waals surface area (Å²) in [5.74, 6) is 1.35. The van der Waals surface area contributed by atoms with Gasteiger partial charge in [-0.25, -0.2) is 0 Å². The van der Waals surface area contributed by atoms with E-state index < -0.39 is 0 Å². The number of nitrogens with zero attached hydrogens (tertiary/aromatic N) is 2. The minimum atomic E-state index is -0.0139. The molecule has 0 saturated heterocycles. The van der Waals surface area contributed by atoms with Crippen LogP contribution in [0.1, 0.15) is 47.8 Å². The summed E-state index contributed by atoms with van der Waals surface area (Å²) in [6.07, 6.45) is 11.0. The lowest BCUT2D eigenvalue weighted by atomic mass is 9.67. The largest absolute Gasteiger partial charge is 0.456 e. The van der Waals surface area contributed by atoms with Crippen LogP contribution >= 0.6 is 0 Å². The lowest BCUT2D eigenvalue weighted by Crippen LogP contribution is -2.29. The van der Waals surface area contributed by atoms with E-state index in [1.165, 1.54) is 38.4 Å². The minimum Gasteiger partial charge on any atom is -0.456 e. The lowest BCUT2D eigenvalue weighted by Gasteiger charge is -2.36. The Morgan fingerprint density at radius 2 is 1.28 bits per heavy atom. The molecule has 0 saturated carbocycles. The number of aromatic nitrogens is 1. The lowest BCUT2D eigenvalue weighted by molar-refractivity contribution is 0.382. The molecule has 0 N–H and O–H groups in total. The van der Waals surface area contributed by atoms with Crippen molar-refractivity contribution in [2.75, 3.05) is 4.90 Å². The molecule has 2 aromatic heterocycles. The van der Waals surface area contributed by atoms with Gasteiger partial charge in [-0.1, -0.05) is 178 Å². The number of rotatable bonds is 8. The van der Waals surface area contributed by atoms with E-state index in [9.17, 15) is 0 Å². The van der Waals surface area contributed by atoms with E-state index in [1.807, 2.05) is 6.08 Å². The molecule has 3 heteroatoms. The van der Waals surface area contributed by atoms with E-state index in [0.29, 0.717) is 5.92 Å². The topological polar surface area (TPSA) is 21.3 Å². The highest BCUT2D eigenvalue weighted by molar-refractivity contribution is 6.10. The second kappa shape index (κ2) is 14.9. The Morgan fingerprint density at radius 1 is 0.641 bits per heavy atom. The van der Waals surface area contributed by atoms with Gasteiger partial charge in [-0.05, 0) is 99.1 Å². The predicted octanol–water partition coefficient (Wildman–Crippen LogP) is 16.4. The highest BCUT2D eigenvalue weighted by Gasteiger charge is 2.47. The van der Waals surface area contributed by atoms with Gasteiger partial charge in [-0.3, -0.25) is 0 Å². The fourth-order valence-corrected chi connectivity index (χ4v) is 11.0. The first-order valence-electron chi connectivity index (χ1n) is 22.3. The van der Waals surface area contributed by atoms with Gasteiger partial charge >= 0.3 is 0 Å². The van der Waals surface area contributed by atoms with Crippen LogP contribution in [0, 0.1) is 5.92 Å². The molecular weight excluding hydrogens is 777 g/mol. The fraction of sp³-hybridized carbons (Fsp3) is 0.0820. The number of benzene rings is 8. The van der Waals surface area contributed by atoms with Gasteiger partial charge in [0.2, 0.25) is 0 Å². The van der Waals surface area contributed by atoms with Crippen LogP contribution < -0.4 is 4.90 Å². The Morgan fingerprint density at radius 3 is 2.05 bits per heavy atom. The second-order valence-electron chi connectivity index (χ2n) is 17.7. The molecule has 8 aromatic carbocycles. The van der Waals surface area contributed by atoms with Crippen molar-refractivity contribution in [3.8, 4) is 5.69 Å². The zero-order chi connectivity index (χ0) is 42.9. The molecule has 2 atom stereocenters. The summed E-state index contributed by atoms with van der Waals surface area (Å²) in [6.45, 7) is 9.04. The number of para-hydroxylation sites is 5. The second-order valence-corrected chi connectivity index (χ2v) is 17.7. The van der Waals surface area contributed by atoms with Gasteiger partial charge in [0.25, 0.3) is 0 Å². The maximum atomic E-state index is 6.78. The van der Waals surface area contributed by atoms with Crippen LogP contribution in [0.2, 0.25) is 0 Å². The highest BCUT2D eigenvalue weighted by atomic mass is 16.3. The number of hydrogen-bond donors (Lipinski definition) is 0. The van der Waals surface area contributed by atoms with E-state index in [0.717, 1.165) is 67.0 Å². The van der Waals surface area contributed by atoms with E-state index in [2.05, 4.69) is 242 Å². The molecule has 2 heterocycles. The molecule has 0 bridgehead atoms. The van der Waals surface area contributed by atoms with Crippen LogP contribution in [0.5, 0.6) is 0 Å². The Bertz CT molecular complexity index is 3470. The van der Waals surface area contributed by atoms with E-state index >= 15 is 0 Å². The molecule has 2 unspecified atom stereocenters. The molecule has 0 radical (unpaired) electrons. The Kier molecular flexibility index (Phi) is 8.81. The van der Waals surface area contributed by atoms with Gasteiger partial charge in [-0.15, -0.1) is 0 Å². The van der Waals surface area contributed by atoms with Crippen molar-refractivity contribution in [1.29, 1.82) is 0 Å². The summed E-state index contributed by atoms with van der Waals surface area (Å²) in [5.41, 5.74) is 14.9. The summed E-state index contributed by atoms with van der Waals surface area (Å²) < 4.78 is 9.20. The van der Waals surface area contributed by atoms with Crippen molar-refractivity contribution in [3.05, 3.63) is 253 Å². The quantitative estimate of drug-likeness (QED) is 0.142. The van der Waals surface area contributed by atoms with Crippen LogP contribution in [-0.4, -0.2) is 4.57 Å². The van der Waals surface area contributed by atoms with E-state index in [4.69, 9.17) is 4.42 Å². The van der Waals surface area contributed by atoms with Crippen molar-refractivity contribution in [3.63, 3.8) is 0 Å². The van der Waals surface area contributed by atoms with Gasteiger partial charge in [0.1, 0.15) is 11.3 Å². The third-order valence-corrected chi connectivity index (χ3v) is 13.8. The van der Waals surface area contributed by atoms with Gasteiger partial charge in [0, 0.05) is 44.8 Å². The van der Waals surface area contributed by atoms with Gasteiger partial charge < -0.3 is 13.9 Å².